The fourth-order valence-electron chi connectivity index (χ4n) is 3.80. The number of rotatable bonds is 8. The number of halogens is 1. The molecule has 2 aromatic rings. The maximum absolute atomic E-state index is 12.5. The molecule has 9 heteroatoms. The Bertz CT molecular complexity index is 931. The first-order valence-corrected chi connectivity index (χ1v) is 10.8. The normalized spacial score (nSPS) is 15.5. The van der Waals surface area contributed by atoms with Gasteiger partial charge >= 0.3 is 5.69 Å². The quantitative estimate of drug-likeness (QED) is 0.689. The SMILES string of the molecule is CCn1c(C2CCN(CC(=O)Nc3ccc(C)c(Cl)c3)CC2)nn(CCOC)c1=O. The van der Waals surface area contributed by atoms with E-state index in [1.165, 1.54) is 4.68 Å². The number of carbonyl (C=O) groups excluding carboxylic acids is 1. The minimum atomic E-state index is -0.0804. The third kappa shape index (κ3) is 5.30. The van der Waals surface area contributed by atoms with Crippen molar-refractivity contribution in [2.75, 3.05) is 38.7 Å². The molecule has 2 heterocycles. The number of aromatic nitrogens is 3. The molecule has 8 nitrogen and oxygen atoms in total. The van der Waals surface area contributed by atoms with E-state index in [0.29, 0.717) is 37.0 Å². The molecule has 1 aromatic carbocycles. The van der Waals surface area contributed by atoms with Gasteiger partial charge in [0.2, 0.25) is 5.91 Å². The van der Waals surface area contributed by atoms with E-state index in [-0.39, 0.29) is 17.5 Å². The van der Waals surface area contributed by atoms with Crippen LogP contribution in [0.2, 0.25) is 5.02 Å². The Labute approximate surface area is 181 Å². The Morgan fingerprint density at radius 2 is 2.07 bits per heavy atom. The standard InChI is InChI=1S/C21H30ClN5O3/c1-4-26-20(24-27(21(26)29)11-12-30-3)16-7-9-25(10-8-16)14-19(28)23-17-6-5-15(2)18(22)13-17/h5-6,13,16H,4,7-12,14H2,1-3H3,(H,23,28). The average Bonchev–Trinajstić information content (AvgIpc) is 3.05. The minimum Gasteiger partial charge on any atom is -0.383 e. The molecule has 0 atom stereocenters. The van der Waals surface area contributed by atoms with E-state index in [1.807, 2.05) is 26.0 Å². The van der Waals surface area contributed by atoms with Crippen LogP contribution in [0.1, 0.15) is 37.1 Å². The van der Waals surface area contributed by atoms with Crippen LogP contribution in [0.3, 0.4) is 0 Å². The van der Waals surface area contributed by atoms with Gasteiger partial charge in [-0.05, 0) is 57.5 Å². The number of nitrogens with one attached hydrogen (secondary N) is 1. The third-order valence-corrected chi connectivity index (χ3v) is 5.96. The molecule has 1 N–H and O–H groups in total. The molecule has 0 radical (unpaired) electrons. The number of piperidine rings is 1. The summed E-state index contributed by atoms with van der Waals surface area (Å²) in [4.78, 5) is 27.1. The van der Waals surface area contributed by atoms with E-state index < -0.39 is 0 Å². The van der Waals surface area contributed by atoms with Crippen LogP contribution in [-0.4, -0.2) is 58.5 Å². The first-order valence-electron chi connectivity index (χ1n) is 10.4. The molecule has 30 heavy (non-hydrogen) atoms. The van der Waals surface area contributed by atoms with Gasteiger partial charge in [-0.1, -0.05) is 17.7 Å². The van der Waals surface area contributed by atoms with Crippen LogP contribution in [0.5, 0.6) is 0 Å². The summed E-state index contributed by atoms with van der Waals surface area (Å²) in [6.07, 6.45) is 1.73. The zero-order valence-corrected chi connectivity index (χ0v) is 18.6. The summed E-state index contributed by atoms with van der Waals surface area (Å²) in [5, 5.41) is 8.13. The van der Waals surface area contributed by atoms with Gasteiger partial charge < -0.3 is 10.1 Å². The number of ether oxygens (including phenoxy) is 1. The fourth-order valence-corrected chi connectivity index (χ4v) is 3.98. The van der Waals surface area contributed by atoms with Crippen molar-refractivity contribution in [1.82, 2.24) is 19.2 Å². The maximum Gasteiger partial charge on any atom is 0.345 e. The maximum atomic E-state index is 12.5. The van der Waals surface area contributed by atoms with Crippen molar-refractivity contribution < 1.29 is 9.53 Å². The Morgan fingerprint density at radius 1 is 1.33 bits per heavy atom. The molecule has 0 bridgehead atoms. The van der Waals surface area contributed by atoms with Gasteiger partial charge in [-0.3, -0.25) is 14.3 Å². The van der Waals surface area contributed by atoms with Crippen LogP contribution in [-0.2, 0) is 22.6 Å². The first-order chi connectivity index (χ1) is 14.4. The second-order valence-electron chi connectivity index (χ2n) is 7.66. The molecule has 1 aliphatic rings. The van der Waals surface area contributed by atoms with Crippen molar-refractivity contribution in [2.45, 2.75) is 45.7 Å². The van der Waals surface area contributed by atoms with Crippen molar-refractivity contribution in [2.24, 2.45) is 0 Å². The number of likely N-dealkylation sites (tertiary alicyclic amines) is 1. The Morgan fingerprint density at radius 3 is 2.70 bits per heavy atom. The van der Waals surface area contributed by atoms with Gasteiger partial charge in [-0.2, -0.15) is 5.10 Å². The molecule has 1 aromatic heterocycles. The lowest BCUT2D eigenvalue weighted by atomic mass is 9.96. The topological polar surface area (TPSA) is 81.4 Å². The summed E-state index contributed by atoms with van der Waals surface area (Å²) in [6, 6.07) is 5.52. The van der Waals surface area contributed by atoms with E-state index in [0.717, 1.165) is 37.3 Å². The number of hydrogen-bond donors (Lipinski definition) is 1. The highest BCUT2D eigenvalue weighted by Crippen LogP contribution is 2.26. The van der Waals surface area contributed by atoms with Gasteiger partial charge in [0.25, 0.3) is 0 Å². The number of anilines is 1. The second kappa shape index (κ2) is 10.2. The summed E-state index contributed by atoms with van der Waals surface area (Å²) < 4.78 is 8.32. The van der Waals surface area contributed by atoms with Crippen LogP contribution < -0.4 is 11.0 Å². The third-order valence-electron chi connectivity index (χ3n) is 5.55. The zero-order valence-electron chi connectivity index (χ0n) is 17.9. The zero-order chi connectivity index (χ0) is 21.7. The van der Waals surface area contributed by atoms with Crippen molar-refractivity contribution in [3.8, 4) is 0 Å². The van der Waals surface area contributed by atoms with E-state index in [4.69, 9.17) is 16.3 Å². The van der Waals surface area contributed by atoms with Crippen LogP contribution >= 0.6 is 11.6 Å². The smallest absolute Gasteiger partial charge is 0.345 e. The van der Waals surface area contributed by atoms with Gasteiger partial charge in [0.15, 0.2) is 0 Å². The number of benzene rings is 1. The average molecular weight is 436 g/mol. The van der Waals surface area contributed by atoms with Crippen molar-refractivity contribution in [3.05, 3.63) is 45.1 Å². The summed E-state index contributed by atoms with van der Waals surface area (Å²) in [5.41, 5.74) is 1.61. The Kier molecular flexibility index (Phi) is 7.69. The predicted molar refractivity (Wildman–Crippen MR) is 117 cm³/mol. The summed E-state index contributed by atoms with van der Waals surface area (Å²) >= 11 is 6.13. The van der Waals surface area contributed by atoms with Gasteiger partial charge in [0, 0.05) is 30.3 Å². The molecule has 0 unspecified atom stereocenters. The molecule has 0 spiro atoms. The number of methoxy groups -OCH3 is 1. The minimum absolute atomic E-state index is 0.0531. The lowest BCUT2D eigenvalue weighted by Crippen LogP contribution is -2.39. The van der Waals surface area contributed by atoms with Crippen LogP contribution in [0.25, 0.3) is 0 Å². The molecule has 1 aliphatic heterocycles. The number of nitrogens with zero attached hydrogens (tertiary/aromatic N) is 4. The predicted octanol–water partition coefficient (Wildman–Crippen LogP) is 2.49. The highest BCUT2D eigenvalue weighted by atomic mass is 35.5. The van der Waals surface area contributed by atoms with Gasteiger partial charge in [0.05, 0.1) is 19.7 Å². The molecular weight excluding hydrogens is 406 g/mol. The highest BCUT2D eigenvalue weighted by Gasteiger charge is 2.27. The number of aryl methyl sites for hydroxylation is 1. The Hall–Kier alpha value is -2.16. The van der Waals surface area contributed by atoms with Gasteiger partial charge in [0.1, 0.15) is 5.82 Å². The van der Waals surface area contributed by atoms with E-state index >= 15 is 0 Å². The first kappa shape index (κ1) is 22.5. The lowest BCUT2D eigenvalue weighted by Gasteiger charge is -2.30. The largest absolute Gasteiger partial charge is 0.383 e. The van der Waals surface area contributed by atoms with Gasteiger partial charge in [-0.25, -0.2) is 9.48 Å². The van der Waals surface area contributed by atoms with Gasteiger partial charge in [-0.15, -0.1) is 0 Å². The van der Waals surface area contributed by atoms with Crippen molar-refractivity contribution in [3.63, 3.8) is 0 Å². The molecule has 1 amide bonds. The van der Waals surface area contributed by atoms with Crippen LogP contribution in [0.4, 0.5) is 5.69 Å². The molecule has 3 rings (SSSR count). The van der Waals surface area contributed by atoms with Crippen LogP contribution in [0, 0.1) is 6.92 Å². The Balaban J connectivity index is 1.56. The van der Waals surface area contributed by atoms with E-state index in [2.05, 4.69) is 15.3 Å². The van der Waals surface area contributed by atoms with Crippen LogP contribution in [0.15, 0.2) is 23.0 Å². The van der Waals surface area contributed by atoms with E-state index in [9.17, 15) is 9.59 Å². The number of amides is 1. The molecule has 0 saturated carbocycles. The monoisotopic (exact) mass is 435 g/mol. The summed E-state index contributed by atoms with van der Waals surface area (Å²) in [7, 11) is 1.61. The lowest BCUT2D eigenvalue weighted by molar-refractivity contribution is -0.117. The number of hydrogen-bond acceptors (Lipinski definition) is 5. The van der Waals surface area contributed by atoms with E-state index in [1.54, 1.807) is 17.7 Å². The van der Waals surface area contributed by atoms with Crippen molar-refractivity contribution in [1.29, 1.82) is 0 Å². The fraction of sp³-hybridized carbons (Fsp3) is 0.571. The molecule has 1 saturated heterocycles. The molecular formula is C21H30ClN5O3. The molecule has 0 aliphatic carbocycles. The summed E-state index contributed by atoms with van der Waals surface area (Å²) in [5.74, 6) is 1.01. The second-order valence-corrected chi connectivity index (χ2v) is 8.07. The number of carbonyl (C=O) groups is 1. The molecule has 1 fully saturated rings. The molecule has 164 valence electrons. The highest BCUT2D eigenvalue weighted by molar-refractivity contribution is 6.31. The summed E-state index contributed by atoms with van der Waals surface area (Å²) in [6.45, 7) is 7.31. The van der Waals surface area contributed by atoms with Crippen molar-refractivity contribution >= 4 is 23.2 Å².